The molecule has 0 heterocycles. The van der Waals surface area contributed by atoms with Gasteiger partial charge in [0.05, 0.1) is 5.56 Å². The molecule has 0 aliphatic heterocycles. The Bertz CT molecular complexity index is 380. The Balaban J connectivity index is 3.19. The normalized spacial score (nSPS) is 11.2. The Kier molecular flexibility index (Phi) is 3.35. The first-order chi connectivity index (χ1) is 6.81. The molecule has 82 valence electrons. The lowest BCUT2D eigenvalue weighted by atomic mass is 10.1. The first kappa shape index (κ1) is 12.0. The molecule has 3 heteroatoms. The van der Waals surface area contributed by atoms with Crippen molar-refractivity contribution in [3.63, 3.8) is 0 Å². The zero-order chi connectivity index (χ0) is 11.6. The highest BCUT2D eigenvalue weighted by atomic mass is 32.1. The van der Waals surface area contributed by atoms with Crippen molar-refractivity contribution in [2.75, 3.05) is 0 Å². The van der Waals surface area contributed by atoms with Crippen molar-refractivity contribution < 1.29 is 4.74 Å². The summed E-state index contributed by atoms with van der Waals surface area (Å²) < 4.78 is 5.86. The fraction of sp³-hybridized carbons (Fsp3) is 0.417. The van der Waals surface area contributed by atoms with Gasteiger partial charge in [0.25, 0.3) is 0 Å². The predicted molar refractivity (Wildman–Crippen MR) is 67.4 cm³/mol. The van der Waals surface area contributed by atoms with Gasteiger partial charge in [-0.15, -0.1) is 0 Å². The van der Waals surface area contributed by atoms with Gasteiger partial charge in [0.2, 0.25) is 0 Å². The second-order valence-electron chi connectivity index (χ2n) is 4.53. The maximum atomic E-state index is 5.86. The van der Waals surface area contributed by atoms with Crippen LogP contribution in [0, 0.1) is 6.92 Å². The summed E-state index contributed by atoms with van der Waals surface area (Å²) in [4.78, 5) is 0.373. The number of benzene rings is 1. The molecule has 0 aliphatic rings. The predicted octanol–water partition coefficient (Wildman–Crippen LogP) is 2.81. The van der Waals surface area contributed by atoms with Crippen LogP contribution < -0.4 is 10.5 Å². The van der Waals surface area contributed by atoms with E-state index in [0.29, 0.717) is 4.99 Å². The third-order valence-electron chi connectivity index (χ3n) is 1.89. The van der Waals surface area contributed by atoms with E-state index in [9.17, 15) is 0 Å². The molecule has 0 aromatic heterocycles. The fourth-order valence-corrected chi connectivity index (χ4v) is 1.45. The van der Waals surface area contributed by atoms with Crippen molar-refractivity contribution in [2.24, 2.45) is 5.73 Å². The molecule has 1 aromatic carbocycles. The Morgan fingerprint density at radius 3 is 2.40 bits per heavy atom. The molecule has 0 amide bonds. The first-order valence-electron chi connectivity index (χ1n) is 4.90. The molecule has 0 spiro atoms. The average Bonchev–Trinajstić information content (AvgIpc) is 2.05. The van der Waals surface area contributed by atoms with Gasteiger partial charge in [-0.1, -0.05) is 24.4 Å². The highest BCUT2D eigenvalue weighted by Crippen LogP contribution is 2.27. The quantitative estimate of drug-likeness (QED) is 0.783. The summed E-state index contributed by atoms with van der Waals surface area (Å²) in [5.41, 5.74) is 7.27. The van der Waals surface area contributed by atoms with Gasteiger partial charge in [-0.05, 0) is 39.3 Å². The van der Waals surface area contributed by atoms with E-state index in [0.717, 1.165) is 16.9 Å². The Morgan fingerprint density at radius 2 is 1.93 bits per heavy atom. The molecule has 0 saturated carbocycles. The lowest BCUT2D eigenvalue weighted by Crippen LogP contribution is -2.25. The van der Waals surface area contributed by atoms with Gasteiger partial charge in [-0.3, -0.25) is 0 Å². The molecular formula is C12H17NOS. The third kappa shape index (κ3) is 3.20. The molecule has 1 rings (SSSR count). The molecule has 0 saturated heterocycles. The first-order valence-corrected chi connectivity index (χ1v) is 5.30. The van der Waals surface area contributed by atoms with Crippen molar-refractivity contribution in [3.05, 3.63) is 29.3 Å². The minimum Gasteiger partial charge on any atom is -0.487 e. The van der Waals surface area contributed by atoms with Crippen molar-refractivity contribution in [2.45, 2.75) is 33.3 Å². The van der Waals surface area contributed by atoms with E-state index in [1.54, 1.807) is 0 Å². The SMILES string of the molecule is Cc1cccc(C(N)=S)c1OC(C)(C)C. The number of ether oxygens (including phenoxy) is 1. The van der Waals surface area contributed by atoms with Crippen LogP contribution in [0.2, 0.25) is 0 Å². The zero-order valence-electron chi connectivity index (χ0n) is 9.63. The van der Waals surface area contributed by atoms with Crippen LogP contribution >= 0.6 is 12.2 Å². The molecule has 0 bridgehead atoms. The molecule has 0 aliphatic carbocycles. The molecule has 0 radical (unpaired) electrons. The van der Waals surface area contributed by atoms with E-state index in [-0.39, 0.29) is 5.60 Å². The van der Waals surface area contributed by atoms with Crippen molar-refractivity contribution >= 4 is 17.2 Å². The van der Waals surface area contributed by atoms with Crippen molar-refractivity contribution in [1.29, 1.82) is 0 Å². The van der Waals surface area contributed by atoms with Crippen LogP contribution in [0.25, 0.3) is 0 Å². The lowest BCUT2D eigenvalue weighted by Gasteiger charge is -2.24. The number of hydrogen-bond donors (Lipinski definition) is 1. The maximum absolute atomic E-state index is 5.86. The standard InChI is InChI=1S/C12H17NOS/c1-8-6-5-7-9(11(13)15)10(8)14-12(2,3)4/h5-7H,1-4H3,(H2,13,15). The highest BCUT2D eigenvalue weighted by Gasteiger charge is 2.17. The number of para-hydroxylation sites is 1. The van der Waals surface area contributed by atoms with E-state index in [2.05, 4.69) is 0 Å². The second-order valence-corrected chi connectivity index (χ2v) is 4.97. The average molecular weight is 223 g/mol. The van der Waals surface area contributed by atoms with Gasteiger partial charge in [0.15, 0.2) is 0 Å². The van der Waals surface area contributed by atoms with Crippen LogP contribution in [0.15, 0.2) is 18.2 Å². The number of nitrogens with two attached hydrogens (primary N) is 1. The minimum absolute atomic E-state index is 0.244. The van der Waals surface area contributed by atoms with E-state index >= 15 is 0 Å². The zero-order valence-corrected chi connectivity index (χ0v) is 10.4. The fourth-order valence-electron chi connectivity index (χ4n) is 1.29. The van der Waals surface area contributed by atoms with Gasteiger partial charge >= 0.3 is 0 Å². The third-order valence-corrected chi connectivity index (χ3v) is 2.11. The number of aryl methyl sites for hydroxylation is 1. The van der Waals surface area contributed by atoms with Crippen LogP contribution in [0.5, 0.6) is 5.75 Å². The largest absolute Gasteiger partial charge is 0.487 e. The summed E-state index contributed by atoms with van der Waals surface area (Å²) >= 11 is 5.00. The van der Waals surface area contributed by atoms with Crippen LogP contribution in [-0.2, 0) is 0 Å². The molecule has 15 heavy (non-hydrogen) atoms. The molecule has 0 fully saturated rings. The number of thiocarbonyl (C=S) groups is 1. The molecule has 2 N–H and O–H groups in total. The van der Waals surface area contributed by atoms with Crippen LogP contribution in [-0.4, -0.2) is 10.6 Å². The number of rotatable bonds is 2. The summed E-state index contributed by atoms with van der Waals surface area (Å²) in [5, 5.41) is 0. The van der Waals surface area contributed by atoms with E-state index in [1.165, 1.54) is 0 Å². The van der Waals surface area contributed by atoms with Crippen LogP contribution in [0.3, 0.4) is 0 Å². The van der Waals surface area contributed by atoms with Crippen LogP contribution in [0.1, 0.15) is 31.9 Å². The summed E-state index contributed by atoms with van der Waals surface area (Å²) in [5.74, 6) is 0.789. The molecule has 0 atom stereocenters. The van der Waals surface area contributed by atoms with Gasteiger partial charge in [-0.2, -0.15) is 0 Å². The highest BCUT2D eigenvalue weighted by molar-refractivity contribution is 7.80. The van der Waals surface area contributed by atoms with Gasteiger partial charge in [-0.25, -0.2) is 0 Å². The van der Waals surface area contributed by atoms with Crippen LogP contribution in [0.4, 0.5) is 0 Å². The van der Waals surface area contributed by atoms with Gasteiger partial charge in [0.1, 0.15) is 16.3 Å². The van der Waals surface area contributed by atoms with Gasteiger partial charge in [0, 0.05) is 0 Å². The van der Waals surface area contributed by atoms with Crippen molar-refractivity contribution in [3.8, 4) is 5.75 Å². The monoisotopic (exact) mass is 223 g/mol. The second kappa shape index (κ2) is 4.19. The van der Waals surface area contributed by atoms with E-state index < -0.39 is 0 Å². The topological polar surface area (TPSA) is 35.2 Å². The Labute approximate surface area is 96.4 Å². The van der Waals surface area contributed by atoms with Gasteiger partial charge < -0.3 is 10.5 Å². The molecular weight excluding hydrogens is 206 g/mol. The molecule has 1 aromatic rings. The summed E-state index contributed by atoms with van der Waals surface area (Å²) in [6, 6.07) is 5.80. The van der Waals surface area contributed by atoms with E-state index in [4.69, 9.17) is 22.7 Å². The summed E-state index contributed by atoms with van der Waals surface area (Å²) in [6.07, 6.45) is 0. The smallest absolute Gasteiger partial charge is 0.133 e. The number of hydrogen-bond acceptors (Lipinski definition) is 2. The molecule has 0 unspecified atom stereocenters. The maximum Gasteiger partial charge on any atom is 0.133 e. The summed E-state index contributed by atoms with van der Waals surface area (Å²) in [6.45, 7) is 8.00. The minimum atomic E-state index is -0.244. The van der Waals surface area contributed by atoms with Crippen molar-refractivity contribution in [1.82, 2.24) is 0 Å². The Hall–Kier alpha value is -1.09. The molecule has 2 nitrogen and oxygen atoms in total. The van der Waals surface area contributed by atoms with E-state index in [1.807, 2.05) is 45.9 Å². The lowest BCUT2D eigenvalue weighted by molar-refractivity contribution is 0.129. The Morgan fingerprint density at radius 1 is 1.33 bits per heavy atom. The summed E-state index contributed by atoms with van der Waals surface area (Å²) in [7, 11) is 0.